The Morgan fingerprint density at radius 3 is 2.66 bits per heavy atom. The minimum atomic E-state index is -0.0646. The number of rotatable bonds is 8. The molecule has 0 saturated carbocycles. The summed E-state index contributed by atoms with van der Waals surface area (Å²) < 4.78 is 12.3. The van der Waals surface area contributed by atoms with Gasteiger partial charge in [-0.3, -0.25) is 9.69 Å². The third-order valence-corrected chi connectivity index (χ3v) is 6.38. The number of carbonyl (C=O) groups is 1. The van der Waals surface area contributed by atoms with Crippen molar-refractivity contribution in [3.63, 3.8) is 0 Å². The van der Waals surface area contributed by atoms with E-state index >= 15 is 0 Å². The fraction of sp³-hybridized carbons (Fsp3) is 0.250. The van der Waals surface area contributed by atoms with Gasteiger partial charge in [0.05, 0.1) is 20.8 Å². The molecule has 1 aliphatic heterocycles. The van der Waals surface area contributed by atoms with Crippen molar-refractivity contribution in [2.24, 2.45) is 4.99 Å². The van der Waals surface area contributed by atoms with E-state index in [-0.39, 0.29) is 12.5 Å². The lowest BCUT2D eigenvalue weighted by molar-refractivity contribution is -0.122. The van der Waals surface area contributed by atoms with E-state index in [1.807, 2.05) is 44.2 Å². The van der Waals surface area contributed by atoms with E-state index in [0.717, 1.165) is 21.2 Å². The van der Waals surface area contributed by atoms with Crippen molar-refractivity contribution in [1.29, 1.82) is 0 Å². The van der Waals surface area contributed by atoms with Crippen molar-refractivity contribution in [3.8, 4) is 23.8 Å². The van der Waals surface area contributed by atoms with Gasteiger partial charge in [-0.25, -0.2) is 4.99 Å². The Morgan fingerprint density at radius 2 is 2.00 bits per heavy atom. The van der Waals surface area contributed by atoms with E-state index < -0.39 is 0 Å². The second-order valence-electron chi connectivity index (χ2n) is 6.69. The Kier molecular flexibility index (Phi) is 8.91. The van der Waals surface area contributed by atoms with Gasteiger partial charge in [0.25, 0.3) is 5.91 Å². The summed E-state index contributed by atoms with van der Waals surface area (Å²) in [5.41, 5.74) is 1.58. The predicted molar refractivity (Wildman–Crippen MR) is 141 cm³/mol. The van der Waals surface area contributed by atoms with E-state index in [2.05, 4.69) is 33.5 Å². The van der Waals surface area contributed by atoms with Gasteiger partial charge in [0.15, 0.2) is 16.7 Å². The molecule has 0 aromatic heterocycles. The second-order valence-corrected chi connectivity index (χ2v) is 9.30. The Balaban J connectivity index is 1.96. The number of aliphatic imine (C=N–C) groups is 1. The molecule has 1 fully saturated rings. The van der Waals surface area contributed by atoms with Crippen molar-refractivity contribution in [3.05, 3.63) is 55.5 Å². The van der Waals surface area contributed by atoms with E-state index in [4.69, 9.17) is 27.5 Å². The Hall–Kier alpha value is -2.15. The van der Waals surface area contributed by atoms with Crippen LogP contribution in [0.1, 0.15) is 25.8 Å². The molecule has 1 heterocycles. The molecule has 32 heavy (non-hydrogen) atoms. The highest BCUT2D eigenvalue weighted by atomic mass is 127. The van der Waals surface area contributed by atoms with Crippen LogP contribution in [0.2, 0.25) is 5.02 Å². The molecular formula is C24H22ClIN2O3S. The number of hydrogen-bond acceptors (Lipinski definition) is 5. The summed E-state index contributed by atoms with van der Waals surface area (Å²) in [6.45, 7) is 5.17. The van der Waals surface area contributed by atoms with Gasteiger partial charge in [-0.05, 0) is 95.7 Å². The summed E-state index contributed by atoms with van der Waals surface area (Å²) in [4.78, 5) is 20.1. The predicted octanol–water partition coefficient (Wildman–Crippen LogP) is 6.37. The normalized spacial score (nSPS) is 16.0. The van der Waals surface area contributed by atoms with Gasteiger partial charge in [0.2, 0.25) is 0 Å². The third kappa shape index (κ3) is 6.00. The van der Waals surface area contributed by atoms with Gasteiger partial charge < -0.3 is 9.47 Å². The first-order valence-corrected chi connectivity index (χ1v) is 12.3. The lowest BCUT2D eigenvalue weighted by atomic mass is 10.2. The molecule has 0 unspecified atom stereocenters. The minimum absolute atomic E-state index is 0.0646. The average molecular weight is 581 g/mol. The first kappa shape index (κ1) is 24.5. The van der Waals surface area contributed by atoms with Gasteiger partial charge in [0, 0.05) is 11.6 Å². The molecule has 1 aliphatic rings. The molecule has 0 bridgehead atoms. The number of carbonyl (C=O) groups excluding carboxylic acids is 1. The average Bonchev–Trinajstić information content (AvgIpc) is 3.04. The molecule has 2 aromatic rings. The van der Waals surface area contributed by atoms with Crippen molar-refractivity contribution >= 4 is 68.8 Å². The highest BCUT2D eigenvalue weighted by molar-refractivity contribution is 14.1. The summed E-state index contributed by atoms with van der Waals surface area (Å²) >= 11 is 9.51. The molecule has 0 spiro atoms. The summed E-state index contributed by atoms with van der Waals surface area (Å²) in [5.74, 6) is 3.61. The van der Waals surface area contributed by atoms with Crippen LogP contribution in [-0.2, 0) is 4.79 Å². The topological polar surface area (TPSA) is 51.1 Å². The maximum Gasteiger partial charge on any atom is 0.266 e. The number of ether oxygens (including phenoxy) is 2. The lowest BCUT2D eigenvalue weighted by Crippen LogP contribution is -2.29. The van der Waals surface area contributed by atoms with Gasteiger partial charge in [0.1, 0.15) is 6.61 Å². The number of nitrogens with zero attached hydrogens (tertiary/aromatic N) is 2. The number of thioether (sulfide) groups is 1. The molecule has 8 heteroatoms. The van der Waals surface area contributed by atoms with Crippen LogP contribution in [0.4, 0.5) is 5.69 Å². The lowest BCUT2D eigenvalue weighted by Gasteiger charge is -2.14. The monoisotopic (exact) mass is 580 g/mol. The third-order valence-electron chi connectivity index (χ3n) is 4.32. The quantitative estimate of drug-likeness (QED) is 0.207. The zero-order valence-corrected chi connectivity index (χ0v) is 21.5. The van der Waals surface area contributed by atoms with E-state index in [0.29, 0.717) is 39.7 Å². The van der Waals surface area contributed by atoms with Crippen LogP contribution in [0.3, 0.4) is 0 Å². The molecule has 1 amide bonds. The van der Waals surface area contributed by atoms with Crippen LogP contribution in [0.5, 0.6) is 11.5 Å². The first-order valence-electron chi connectivity index (χ1n) is 10.0. The van der Waals surface area contributed by atoms with Gasteiger partial charge >= 0.3 is 0 Å². The molecule has 0 N–H and O–H groups in total. The number of benzene rings is 2. The molecule has 0 aliphatic carbocycles. The standard InChI is InChI=1S/C24H22ClIN2O3S/c1-4-11-28-23(29)21(32-24(28)27-18-9-7-17(25)8-10-18)15-16-13-19(26)22(31-12-5-2)20(14-16)30-6-3/h2,7-10,13-15H,4,6,11-12H2,1,3H3/b21-15-,27-24?. The minimum Gasteiger partial charge on any atom is -0.490 e. The van der Waals surface area contributed by atoms with Crippen molar-refractivity contribution in [1.82, 2.24) is 4.90 Å². The molecule has 2 aromatic carbocycles. The van der Waals surface area contributed by atoms with Gasteiger partial charge in [-0.15, -0.1) is 6.42 Å². The van der Waals surface area contributed by atoms with Crippen molar-refractivity contribution < 1.29 is 14.3 Å². The molecule has 3 rings (SSSR count). The molecule has 5 nitrogen and oxygen atoms in total. The number of amidine groups is 1. The maximum atomic E-state index is 13.1. The Bertz CT molecular complexity index is 1090. The van der Waals surface area contributed by atoms with Crippen LogP contribution < -0.4 is 9.47 Å². The van der Waals surface area contributed by atoms with Crippen molar-refractivity contribution in [2.45, 2.75) is 20.3 Å². The molecule has 0 atom stereocenters. The summed E-state index contributed by atoms with van der Waals surface area (Å²) in [7, 11) is 0. The second kappa shape index (κ2) is 11.6. The zero-order valence-electron chi connectivity index (χ0n) is 17.7. The highest BCUT2D eigenvalue weighted by Gasteiger charge is 2.33. The highest BCUT2D eigenvalue weighted by Crippen LogP contribution is 2.38. The molecular weight excluding hydrogens is 559 g/mol. The molecule has 166 valence electrons. The summed E-state index contributed by atoms with van der Waals surface area (Å²) in [5, 5.41) is 1.30. The maximum absolute atomic E-state index is 13.1. The van der Waals surface area contributed by atoms with Crippen molar-refractivity contribution in [2.75, 3.05) is 19.8 Å². The van der Waals surface area contributed by atoms with E-state index in [9.17, 15) is 4.79 Å². The smallest absolute Gasteiger partial charge is 0.266 e. The number of halogens is 2. The van der Waals surface area contributed by atoms with Crippen LogP contribution in [0, 0.1) is 15.9 Å². The van der Waals surface area contributed by atoms with Crippen LogP contribution in [-0.4, -0.2) is 35.7 Å². The Labute approximate surface area is 211 Å². The van der Waals surface area contributed by atoms with Crippen LogP contribution >= 0.6 is 46.0 Å². The number of hydrogen-bond donors (Lipinski definition) is 0. The number of amides is 1. The Morgan fingerprint density at radius 1 is 1.25 bits per heavy atom. The summed E-state index contributed by atoms with van der Waals surface area (Å²) in [6, 6.07) is 11.0. The van der Waals surface area contributed by atoms with Crippen LogP contribution in [0.25, 0.3) is 6.08 Å². The largest absolute Gasteiger partial charge is 0.490 e. The number of terminal acetylenes is 1. The molecule has 0 radical (unpaired) electrons. The van der Waals surface area contributed by atoms with E-state index in [1.54, 1.807) is 17.0 Å². The summed E-state index contributed by atoms with van der Waals surface area (Å²) in [6.07, 6.45) is 8.01. The molecule has 1 saturated heterocycles. The van der Waals surface area contributed by atoms with Gasteiger partial charge in [-0.2, -0.15) is 0 Å². The fourth-order valence-electron chi connectivity index (χ4n) is 2.98. The fourth-order valence-corrected chi connectivity index (χ4v) is 4.91. The zero-order chi connectivity index (χ0) is 23.1. The van der Waals surface area contributed by atoms with Gasteiger partial charge in [-0.1, -0.05) is 24.4 Å². The first-order chi connectivity index (χ1) is 15.5. The van der Waals surface area contributed by atoms with E-state index in [1.165, 1.54) is 11.8 Å². The SMILES string of the molecule is C#CCOc1c(I)cc(/C=C2\SC(=Nc3ccc(Cl)cc3)N(CCC)C2=O)cc1OCC. The van der Waals surface area contributed by atoms with Crippen LogP contribution in [0.15, 0.2) is 46.3 Å².